The summed E-state index contributed by atoms with van der Waals surface area (Å²) >= 11 is 0. The first-order valence-electron chi connectivity index (χ1n) is 10.0. The molecule has 7 nitrogen and oxygen atoms in total. The van der Waals surface area contributed by atoms with Crippen molar-refractivity contribution in [3.63, 3.8) is 0 Å². The Morgan fingerprint density at radius 3 is 2.68 bits per heavy atom. The molecular formula is C21H29N3O4. The maximum atomic E-state index is 12.9. The van der Waals surface area contributed by atoms with Gasteiger partial charge in [-0.1, -0.05) is 31.9 Å². The van der Waals surface area contributed by atoms with Crippen molar-refractivity contribution < 1.29 is 19.1 Å². The van der Waals surface area contributed by atoms with Crippen LogP contribution < -0.4 is 15.4 Å². The number of ether oxygens (including phenoxy) is 1. The Hall–Kier alpha value is -2.57. The number of imide groups is 1. The zero-order valence-corrected chi connectivity index (χ0v) is 16.8. The third-order valence-corrected chi connectivity index (χ3v) is 5.87. The number of nitrogens with one attached hydrogen (secondary N) is 2. The van der Waals surface area contributed by atoms with Crippen LogP contribution in [0.2, 0.25) is 0 Å². The maximum Gasteiger partial charge on any atom is 0.325 e. The number of benzene rings is 1. The molecule has 1 aromatic rings. The molecule has 1 heterocycles. The van der Waals surface area contributed by atoms with Crippen LogP contribution in [0.4, 0.5) is 4.79 Å². The molecule has 3 atom stereocenters. The first-order valence-corrected chi connectivity index (χ1v) is 10.0. The van der Waals surface area contributed by atoms with Crippen molar-refractivity contribution in [1.82, 2.24) is 15.5 Å². The minimum absolute atomic E-state index is 0.0774. The van der Waals surface area contributed by atoms with Crippen LogP contribution >= 0.6 is 0 Å². The lowest BCUT2D eigenvalue weighted by Crippen LogP contribution is -2.54. The van der Waals surface area contributed by atoms with Crippen LogP contribution in [0.3, 0.4) is 0 Å². The molecule has 1 saturated heterocycles. The average molecular weight is 387 g/mol. The molecule has 1 spiro atoms. The Labute approximate surface area is 165 Å². The maximum absolute atomic E-state index is 12.9. The first-order chi connectivity index (χ1) is 13.4. The average Bonchev–Trinajstić information content (AvgIpc) is 2.90. The molecule has 0 aromatic heterocycles. The van der Waals surface area contributed by atoms with E-state index in [4.69, 9.17) is 4.74 Å². The van der Waals surface area contributed by atoms with Gasteiger partial charge in [0.1, 0.15) is 17.8 Å². The molecule has 3 unspecified atom stereocenters. The van der Waals surface area contributed by atoms with Gasteiger partial charge < -0.3 is 15.4 Å². The Morgan fingerprint density at radius 2 is 2.04 bits per heavy atom. The third kappa shape index (κ3) is 3.84. The van der Waals surface area contributed by atoms with Crippen molar-refractivity contribution in [2.75, 3.05) is 13.2 Å². The lowest BCUT2D eigenvalue weighted by molar-refractivity contribution is -0.137. The Balaban J connectivity index is 1.61. The normalized spacial score (nSPS) is 25.5. The standard InChI is InChI=1S/C21H29N3O4/c1-4-28-17-10-8-16(9-11-17)15(3)22-18(25)13-24-19(26)21(23-20(24)27)12-6-5-7-14(21)2/h8-11,14-15H,4-7,12-13H2,1-3H3,(H,22,25)(H,23,27). The van der Waals surface area contributed by atoms with Crippen molar-refractivity contribution in [1.29, 1.82) is 0 Å². The Kier molecular flexibility index (Phi) is 5.91. The van der Waals surface area contributed by atoms with Crippen LogP contribution in [-0.4, -0.2) is 41.4 Å². The highest BCUT2D eigenvalue weighted by atomic mass is 16.5. The summed E-state index contributed by atoms with van der Waals surface area (Å²) in [7, 11) is 0. The van der Waals surface area contributed by atoms with Crippen molar-refractivity contribution >= 4 is 17.8 Å². The van der Waals surface area contributed by atoms with E-state index in [0.29, 0.717) is 13.0 Å². The van der Waals surface area contributed by atoms with Gasteiger partial charge in [0, 0.05) is 0 Å². The van der Waals surface area contributed by atoms with E-state index in [9.17, 15) is 14.4 Å². The van der Waals surface area contributed by atoms with E-state index < -0.39 is 11.6 Å². The van der Waals surface area contributed by atoms with Crippen molar-refractivity contribution in [2.24, 2.45) is 5.92 Å². The minimum Gasteiger partial charge on any atom is -0.494 e. The fraction of sp³-hybridized carbons (Fsp3) is 0.571. The highest BCUT2D eigenvalue weighted by Crippen LogP contribution is 2.38. The summed E-state index contributed by atoms with van der Waals surface area (Å²) < 4.78 is 5.42. The first kappa shape index (κ1) is 20.2. The summed E-state index contributed by atoms with van der Waals surface area (Å²) in [5.74, 6) is 0.225. The zero-order valence-electron chi connectivity index (χ0n) is 16.8. The molecule has 0 radical (unpaired) electrons. The Bertz CT molecular complexity index is 749. The van der Waals surface area contributed by atoms with Crippen LogP contribution in [-0.2, 0) is 9.59 Å². The number of hydrogen-bond donors (Lipinski definition) is 2. The van der Waals surface area contributed by atoms with Crippen molar-refractivity contribution in [3.8, 4) is 5.75 Å². The van der Waals surface area contributed by atoms with Gasteiger partial charge in [-0.2, -0.15) is 0 Å². The number of rotatable bonds is 6. The molecule has 28 heavy (non-hydrogen) atoms. The molecule has 1 aromatic carbocycles. The molecule has 3 rings (SSSR count). The zero-order chi connectivity index (χ0) is 20.3. The second kappa shape index (κ2) is 8.20. The molecule has 4 amide bonds. The number of amides is 4. The SMILES string of the molecule is CCOc1ccc(C(C)NC(=O)CN2C(=O)NC3(CCCCC3C)C2=O)cc1. The van der Waals surface area contributed by atoms with E-state index in [-0.39, 0.29) is 30.3 Å². The summed E-state index contributed by atoms with van der Waals surface area (Å²) in [5.41, 5.74) is 0.0856. The van der Waals surface area contributed by atoms with E-state index in [2.05, 4.69) is 10.6 Å². The molecule has 2 fully saturated rings. The van der Waals surface area contributed by atoms with Gasteiger partial charge in [-0.05, 0) is 50.3 Å². The molecule has 2 aliphatic rings. The molecule has 0 bridgehead atoms. The molecule has 1 saturated carbocycles. The number of carbonyl (C=O) groups is 3. The lowest BCUT2D eigenvalue weighted by Gasteiger charge is -2.36. The van der Waals surface area contributed by atoms with Crippen LogP contribution in [0, 0.1) is 5.92 Å². The predicted octanol–water partition coefficient (Wildman–Crippen LogP) is 2.76. The van der Waals surface area contributed by atoms with E-state index in [1.807, 2.05) is 45.0 Å². The van der Waals surface area contributed by atoms with Gasteiger partial charge >= 0.3 is 6.03 Å². The third-order valence-electron chi connectivity index (χ3n) is 5.87. The number of hydrogen-bond acceptors (Lipinski definition) is 4. The molecule has 1 aliphatic carbocycles. The summed E-state index contributed by atoms with van der Waals surface area (Å²) in [6.45, 7) is 6.11. The monoisotopic (exact) mass is 387 g/mol. The van der Waals surface area contributed by atoms with Gasteiger partial charge in [0.15, 0.2) is 0 Å². The van der Waals surface area contributed by atoms with Gasteiger partial charge in [-0.15, -0.1) is 0 Å². The Morgan fingerprint density at radius 1 is 1.32 bits per heavy atom. The number of carbonyl (C=O) groups excluding carboxylic acids is 3. The van der Waals surface area contributed by atoms with Gasteiger partial charge in [0.2, 0.25) is 5.91 Å². The highest BCUT2D eigenvalue weighted by molar-refractivity contribution is 6.09. The summed E-state index contributed by atoms with van der Waals surface area (Å²) in [6.07, 6.45) is 3.51. The highest BCUT2D eigenvalue weighted by Gasteiger charge is 2.55. The van der Waals surface area contributed by atoms with Crippen LogP contribution in [0.15, 0.2) is 24.3 Å². The minimum atomic E-state index is -0.837. The second-order valence-corrected chi connectivity index (χ2v) is 7.73. The van der Waals surface area contributed by atoms with Crippen molar-refractivity contribution in [3.05, 3.63) is 29.8 Å². The quantitative estimate of drug-likeness (QED) is 0.735. The fourth-order valence-corrected chi connectivity index (χ4v) is 4.17. The van der Waals surface area contributed by atoms with Gasteiger partial charge in [0.25, 0.3) is 5.91 Å². The van der Waals surface area contributed by atoms with E-state index in [0.717, 1.165) is 35.5 Å². The van der Waals surface area contributed by atoms with E-state index in [1.165, 1.54) is 0 Å². The predicted molar refractivity (Wildman–Crippen MR) is 105 cm³/mol. The summed E-state index contributed by atoms with van der Waals surface area (Å²) in [6, 6.07) is 6.78. The summed E-state index contributed by atoms with van der Waals surface area (Å²) in [4.78, 5) is 38.9. The van der Waals surface area contributed by atoms with Gasteiger partial charge in [0.05, 0.1) is 12.6 Å². The molecule has 1 aliphatic heterocycles. The molecule has 7 heteroatoms. The molecular weight excluding hydrogens is 358 g/mol. The second-order valence-electron chi connectivity index (χ2n) is 7.73. The van der Waals surface area contributed by atoms with Crippen LogP contribution in [0.5, 0.6) is 5.75 Å². The number of nitrogens with zero attached hydrogens (tertiary/aromatic N) is 1. The van der Waals surface area contributed by atoms with Crippen LogP contribution in [0.25, 0.3) is 0 Å². The molecule has 152 valence electrons. The fourth-order valence-electron chi connectivity index (χ4n) is 4.17. The van der Waals surface area contributed by atoms with E-state index >= 15 is 0 Å². The van der Waals surface area contributed by atoms with Crippen molar-refractivity contribution in [2.45, 2.75) is 58.0 Å². The summed E-state index contributed by atoms with van der Waals surface area (Å²) in [5, 5.41) is 5.74. The molecule has 2 N–H and O–H groups in total. The van der Waals surface area contributed by atoms with Crippen LogP contribution in [0.1, 0.15) is 58.1 Å². The smallest absolute Gasteiger partial charge is 0.325 e. The van der Waals surface area contributed by atoms with Gasteiger partial charge in [-0.25, -0.2) is 4.79 Å². The number of urea groups is 1. The van der Waals surface area contributed by atoms with E-state index in [1.54, 1.807) is 0 Å². The topological polar surface area (TPSA) is 87.7 Å². The van der Waals surface area contributed by atoms with Gasteiger partial charge in [-0.3, -0.25) is 14.5 Å². The lowest BCUT2D eigenvalue weighted by atomic mass is 9.73. The largest absolute Gasteiger partial charge is 0.494 e.